The van der Waals surface area contributed by atoms with Crippen LogP contribution in [0.1, 0.15) is 24.5 Å². The fourth-order valence-corrected chi connectivity index (χ4v) is 3.75. The predicted molar refractivity (Wildman–Crippen MR) is 115 cm³/mol. The number of aromatic nitrogens is 4. The van der Waals surface area contributed by atoms with Crippen molar-refractivity contribution in [2.24, 2.45) is 0 Å². The zero-order valence-electron chi connectivity index (χ0n) is 17.1. The quantitative estimate of drug-likeness (QED) is 0.417. The van der Waals surface area contributed by atoms with E-state index in [-0.39, 0.29) is 22.4 Å². The number of rotatable bonds is 6. The molecule has 0 atom stereocenters. The second-order valence-electron chi connectivity index (χ2n) is 7.83. The molecule has 0 amide bonds. The highest BCUT2D eigenvalue weighted by atomic mass is 19.3. The van der Waals surface area contributed by atoms with Crippen molar-refractivity contribution in [1.82, 2.24) is 19.9 Å². The molecule has 1 saturated carbocycles. The van der Waals surface area contributed by atoms with Crippen molar-refractivity contribution in [2.45, 2.75) is 25.2 Å². The van der Waals surface area contributed by atoms with Crippen molar-refractivity contribution in [3.05, 3.63) is 76.6 Å². The molecule has 1 N–H and O–H groups in total. The zero-order valence-corrected chi connectivity index (χ0v) is 17.1. The molecule has 0 unspecified atom stereocenters. The van der Waals surface area contributed by atoms with Gasteiger partial charge in [0.1, 0.15) is 11.6 Å². The summed E-state index contributed by atoms with van der Waals surface area (Å²) >= 11 is 0. The highest BCUT2D eigenvalue weighted by Gasteiger charge is 2.26. The summed E-state index contributed by atoms with van der Waals surface area (Å²) in [6.07, 6.45) is 2.35. The third kappa shape index (κ3) is 4.28. The molecular weight excluding hydrogens is 438 g/mol. The van der Waals surface area contributed by atoms with Crippen LogP contribution in [0.2, 0.25) is 0 Å². The Kier molecular flexibility index (Phi) is 5.27. The Morgan fingerprint density at radius 1 is 1.09 bits per heavy atom. The maximum Gasteiger partial charge on any atom is 0.347 e. The molecule has 2 aromatic carbocycles. The summed E-state index contributed by atoms with van der Waals surface area (Å²) in [5, 5.41) is -0.155. The molecule has 6 nitrogen and oxygen atoms in total. The number of benzene rings is 2. The predicted octanol–water partition coefficient (Wildman–Crippen LogP) is 4.94. The monoisotopic (exact) mass is 455 g/mol. The summed E-state index contributed by atoms with van der Waals surface area (Å²) in [5.74, 6) is -1.42. The Hall–Kier alpha value is -3.82. The van der Waals surface area contributed by atoms with Crippen molar-refractivity contribution >= 4 is 22.4 Å². The molecule has 33 heavy (non-hydrogen) atoms. The first-order chi connectivity index (χ1) is 15.9. The van der Waals surface area contributed by atoms with E-state index in [2.05, 4.69) is 19.9 Å². The van der Waals surface area contributed by atoms with Gasteiger partial charge >= 0.3 is 5.69 Å². The minimum atomic E-state index is -2.88. The van der Waals surface area contributed by atoms with Gasteiger partial charge in [-0.2, -0.15) is 4.98 Å². The average molecular weight is 455 g/mol. The zero-order chi connectivity index (χ0) is 23.1. The lowest BCUT2D eigenvalue weighted by atomic mass is 10.1. The molecule has 2 aromatic heterocycles. The largest absolute Gasteiger partial charge is 0.347 e. The second-order valence-corrected chi connectivity index (χ2v) is 7.83. The van der Waals surface area contributed by atoms with E-state index in [1.54, 1.807) is 6.20 Å². The van der Waals surface area contributed by atoms with Gasteiger partial charge in [-0.15, -0.1) is 0 Å². The van der Waals surface area contributed by atoms with E-state index in [1.807, 2.05) is 0 Å². The Morgan fingerprint density at radius 2 is 1.91 bits per heavy atom. The van der Waals surface area contributed by atoms with Crippen molar-refractivity contribution < 1.29 is 17.6 Å². The van der Waals surface area contributed by atoms with Gasteiger partial charge in [0.25, 0.3) is 6.43 Å². The van der Waals surface area contributed by atoms with Gasteiger partial charge in [-0.05, 0) is 43.2 Å². The maximum absolute atomic E-state index is 14.7. The third-order valence-corrected chi connectivity index (χ3v) is 5.42. The Bertz CT molecular complexity index is 1390. The number of halogens is 4. The van der Waals surface area contributed by atoms with Crippen LogP contribution >= 0.6 is 0 Å². The van der Waals surface area contributed by atoms with Gasteiger partial charge in [0.05, 0.1) is 35.0 Å². The Morgan fingerprint density at radius 3 is 2.61 bits per heavy atom. The van der Waals surface area contributed by atoms with E-state index >= 15 is 0 Å². The van der Waals surface area contributed by atoms with Crippen molar-refractivity contribution in [2.75, 3.05) is 11.4 Å². The lowest BCUT2D eigenvalue weighted by molar-refractivity contribution is 0.157. The van der Waals surface area contributed by atoms with Crippen molar-refractivity contribution in [1.29, 1.82) is 0 Å². The second kappa shape index (κ2) is 8.27. The molecule has 1 fully saturated rings. The number of anilines is 2. The normalized spacial score (nSPS) is 13.6. The van der Waals surface area contributed by atoms with Crippen LogP contribution in [0.5, 0.6) is 0 Å². The summed E-state index contributed by atoms with van der Waals surface area (Å²) in [4.78, 5) is 27.9. The van der Waals surface area contributed by atoms with Crippen LogP contribution in [0.3, 0.4) is 0 Å². The Balaban J connectivity index is 1.65. The van der Waals surface area contributed by atoms with Crippen LogP contribution in [0, 0.1) is 11.6 Å². The number of hydrogen-bond acceptors (Lipinski definition) is 5. The number of alkyl halides is 2. The van der Waals surface area contributed by atoms with E-state index in [1.165, 1.54) is 30.5 Å². The molecule has 0 saturated heterocycles. The smallest absolute Gasteiger partial charge is 0.320 e. The average Bonchev–Trinajstić information content (AvgIpc) is 3.62. The van der Waals surface area contributed by atoms with E-state index in [9.17, 15) is 22.4 Å². The summed E-state index contributed by atoms with van der Waals surface area (Å²) in [7, 11) is 0. The molecule has 1 aliphatic rings. The number of nitrogens with zero attached hydrogens (tertiary/aromatic N) is 4. The van der Waals surface area contributed by atoms with Crippen LogP contribution < -0.4 is 10.6 Å². The molecule has 0 bridgehead atoms. The standard InChI is InChI=1S/C23H17F4N5O/c24-14-6-13(19-10-28-18(9-29-19)12-4-5-12)7-15(8-14)32(11-20(26)27)22-21-16(25)2-1-3-17(21)30-23(33)31-22/h1-3,6-10,12,20H,4-5,11H2,(H,30,31,33). The van der Waals surface area contributed by atoms with E-state index in [4.69, 9.17) is 0 Å². The van der Waals surface area contributed by atoms with E-state index in [0.717, 1.165) is 35.6 Å². The molecule has 1 aliphatic carbocycles. The lowest BCUT2D eigenvalue weighted by Crippen LogP contribution is -2.28. The molecule has 0 spiro atoms. The first-order valence-electron chi connectivity index (χ1n) is 10.3. The van der Waals surface area contributed by atoms with E-state index in [0.29, 0.717) is 17.2 Å². The lowest BCUT2D eigenvalue weighted by Gasteiger charge is -2.25. The number of aromatic amines is 1. The molecule has 10 heteroatoms. The SMILES string of the molecule is O=c1nc(N(CC(F)F)c2cc(F)cc(-c3cnc(C4CC4)cn3)c2)c2c(F)cccc2[nH]1. The molecule has 2 heterocycles. The highest BCUT2D eigenvalue weighted by molar-refractivity contribution is 5.92. The van der Waals surface area contributed by atoms with Crippen LogP contribution in [0.4, 0.5) is 29.1 Å². The maximum atomic E-state index is 14.7. The minimum absolute atomic E-state index is 0.0268. The molecule has 4 aromatic rings. The first kappa shape index (κ1) is 21.0. The van der Waals surface area contributed by atoms with Crippen molar-refractivity contribution in [3.8, 4) is 11.3 Å². The van der Waals surface area contributed by atoms with Crippen LogP contribution in [0.15, 0.2) is 53.6 Å². The number of hydrogen-bond donors (Lipinski definition) is 1. The molecule has 5 rings (SSSR count). The minimum Gasteiger partial charge on any atom is -0.320 e. The highest BCUT2D eigenvalue weighted by Crippen LogP contribution is 2.39. The van der Waals surface area contributed by atoms with Gasteiger partial charge in [-0.1, -0.05) is 6.07 Å². The summed E-state index contributed by atoms with van der Waals surface area (Å²) in [5.41, 5.74) is 0.717. The first-order valence-corrected chi connectivity index (χ1v) is 10.3. The molecular formula is C23H17F4N5O. The van der Waals surface area contributed by atoms with E-state index < -0.39 is 30.3 Å². The fourth-order valence-electron chi connectivity index (χ4n) is 3.75. The van der Waals surface area contributed by atoms with Crippen LogP contribution in [0.25, 0.3) is 22.2 Å². The Labute approximate surface area is 185 Å². The molecule has 0 radical (unpaired) electrons. The van der Waals surface area contributed by atoms with Crippen LogP contribution in [-0.4, -0.2) is 32.9 Å². The van der Waals surface area contributed by atoms with Crippen LogP contribution in [-0.2, 0) is 0 Å². The fraction of sp³-hybridized carbons (Fsp3) is 0.217. The number of fused-ring (bicyclic) bond motifs is 1. The van der Waals surface area contributed by atoms with Gasteiger partial charge in [-0.25, -0.2) is 22.4 Å². The van der Waals surface area contributed by atoms with Gasteiger partial charge in [0, 0.05) is 23.4 Å². The third-order valence-electron chi connectivity index (χ3n) is 5.42. The van der Waals surface area contributed by atoms with Gasteiger partial charge in [0.15, 0.2) is 5.82 Å². The van der Waals surface area contributed by atoms with Crippen molar-refractivity contribution in [3.63, 3.8) is 0 Å². The van der Waals surface area contributed by atoms with Gasteiger partial charge in [-0.3, -0.25) is 9.97 Å². The topological polar surface area (TPSA) is 74.8 Å². The van der Waals surface area contributed by atoms with Gasteiger partial charge < -0.3 is 9.88 Å². The van der Waals surface area contributed by atoms with Gasteiger partial charge in [0.2, 0.25) is 0 Å². The number of nitrogens with one attached hydrogen (secondary N) is 1. The molecule has 168 valence electrons. The summed E-state index contributed by atoms with van der Waals surface area (Å²) in [6.45, 7) is -0.935. The summed E-state index contributed by atoms with van der Waals surface area (Å²) in [6, 6.07) is 7.59. The molecule has 0 aliphatic heterocycles. The summed E-state index contributed by atoms with van der Waals surface area (Å²) < 4.78 is 56.3. The number of H-pyrrole nitrogens is 1.